The second-order valence-corrected chi connectivity index (χ2v) is 9.98. The number of H-pyrrole nitrogens is 2. The second kappa shape index (κ2) is 9.59. The molecule has 0 spiro atoms. The maximum absolute atomic E-state index is 16.1. The summed E-state index contributed by atoms with van der Waals surface area (Å²) in [5.74, 6) is -0.286. The number of aromatic nitrogens is 7. The van der Waals surface area contributed by atoms with Crippen LogP contribution in [0.1, 0.15) is 11.8 Å². The first-order chi connectivity index (χ1) is 19.5. The Balaban J connectivity index is 1.28. The summed E-state index contributed by atoms with van der Waals surface area (Å²) in [6.07, 6.45) is 5.15. The number of fused-ring (bicyclic) bond motifs is 2. The summed E-state index contributed by atoms with van der Waals surface area (Å²) in [4.78, 5) is 21.4. The molecule has 6 heterocycles. The van der Waals surface area contributed by atoms with Crippen molar-refractivity contribution < 1.29 is 13.9 Å². The van der Waals surface area contributed by atoms with Crippen molar-refractivity contribution in [3.63, 3.8) is 0 Å². The van der Waals surface area contributed by atoms with Gasteiger partial charge in [0.15, 0.2) is 23.0 Å². The Morgan fingerprint density at radius 3 is 2.60 bits per heavy atom. The van der Waals surface area contributed by atoms with Crippen LogP contribution in [0.3, 0.4) is 0 Å². The van der Waals surface area contributed by atoms with E-state index in [0.29, 0.717) is 49.8 Å². The Kier molecular flexibility index (Phi) is 5.76. The van der Waals surface area contributed by atoms with Crippen molar-refractivity contribution >= 4 is 39.0 Å². The van der Waals surface area contributed by atoms with Gasteiger partial charge in [-0.05, 0) is 24.3 Å². The standard InChI is InChI=1S/C28H18F2N8OS/c29-20-7-6-19(40-20)25-24-17(8-9-32-25)35-27(36-24)26-21-18(37-38-26)13-33-23(22(21)30)15-10-16(12-31-11-15)34-28(39)14-4-2-1-3-5-14/h1-13,28,34,39H,(H,35,36)(H,37,38). The molecule has 1 atom stereocenters. The Morgan fingerprint density at radius 1 is 0.900 bits per heavy atom. The van der Waals surface area contributed by atoms with Crippen molar-refractivity contribution in [2.45, 2.75) is 6.23 Å². The molecule has 40 heavy (non-hydrogen) atoms. The highest BCUT2D eigenvalue weighted by Crippen LogP contribution is 2.35. The molecule has 0 aliphatic rings. The maximum atomic E-state index is 16.1. The monoisotopic (exact) mass is 552 g/mol. The third kappa shape index (κ3) is 4.15. The van der Waals surface area contributed by atoms with Gasteiger partial charge in [-0.2, -0.15) is 9.49 Å². The van der Waals surface area contributed by atoms with E-state index in [2.05, 4.69) is 40.4 Å². The molecular weight excluding hydrogens is 534 g/mol. The molecule has 196 valence electrons. The lowest BCUT2D eigenvalue weighted by molar-refractivity contribution is 0.208. The predicted octanol–water partition coefficient (Wildman–Crippen LogP) is 6.07. The van der Waals surface area contributed by atoms with Crippen molar-refractivity contribution in [1.29, 1.82) is 0 Å². The first kappa shape index (κ1) is 24.0. The van der Waals surface area contributed by atoms with Crippen LogP contribution in [0.15, 0.2) is 79.4 Å². The van der Waals surface area contributed by atoms with Crippen LogP contribution < -0.4 is 5.32 Å². The van der Waals surface area contributed by atoms with Gasteiger partial charge in [-0.15, -0.1) is 11.3 Å². The third-order valence-electron chi connectivity index (χ3n) is 6.41. The van der Waals surface area contributed by atoms with Gasteiger partial charge in [-0.1, -0.05) is 30.3 Å². The van der Waals surface area contributed by atoms with Gasteiger partial charge < -0.3 is 15.4 Å². The van der Waals surface area contributed by atoms with Crippen molar-refractivity contribution in [3.05, 3.63) is 95.9 Å². The zero-order valence-corrected chi connectivity index (χ0v) is 21.2. The Bertz CT molecular complexity index is 2000. The minimum Gasteiger partial charge on any atom is -0.369 e. The zero-order valence-electron chi connectivity index (χ0n) is 20.4. The second-order valence-electron chi connectivity index (χ2n) is 8.95. The van der Waals surface area contributed by atoms with Gasteiger partial charge in [-0.3, -0.25) is 20.1 Å². The first-order valence-corrected chi connectivity index (χ1v) is 12.9. The van der Waals surface area contributed by atoms with E-state index in [-0.39, 0.29) is 21.9 Å². The Morgan fingerprint density at radius 2 is 1.77 bits per heavy atom. The maximum Gasteiger partial charge on any atom is 0.177 e. The number of nitrogens with one attached hydrogen (secondary N) is 3. The van der Waals surface area contributed by atoms with Gasteiger partial charge >= 0.3 is 0 Å². The van der Waals surface area contributed by atoms with Crippen molar-refractivity contribution in [3.8, 4) is 33.3 Å². The van der Waals surface area contributed by atoms with E-state index < -0.39 is 12.0 Å². The smallest absolute Gasteiger partial charge is 0.177 e. The minimum absolute atomic E-state index is 0.0630. The highest BCUT2D eigenvalue weighted by Gasteiger charge is 2.22. The highest BCUT2D eigenvalue weighted by atomic mass is 32.1. The summed E-state index contributed by atoms with van der Waals surface area (Å²) < 4.78 is 29.8. The van der Waals surface area contributed by atoms with E-state index in [1.807, 2.05) is 18.2 Å². The number of hydrogen-bond acceptors (Lipinski definition) is 8. The summed E-state index contributed by atoms with van der Waals surface area (Å²) in [5.41, 5.74) is 3.98. The van der Waals surface area contributed by atoms with E-state index in [9.17, 15) is 9.50 Å². The number of thiophene rings is 1. The van der Waals surface area contributed by atoms with Crippen molar-refractivity contribution in [2.24, 2.45) is 0 Å². The van der Waals surface area contributed by atoms with Crippen LogP contribution >= 0.6 is 11.3 Å². The summed E-state index contributed by atoms with van der Waals surface area (Å²) in [7, 11) is 0. The third-order valence-corrected chi connectivity index (χ3v) is 7.29. The van der Waals surface area contributed by atoms with Gasteiger partial charge in [0.2, 0.25) is 0 Å². The fraction of sp³-hybridized carbons (Fsp3) is 0.0357. The molecule has 0 amide bonds. The summed E-state index contributed by atoms with van der Waals surface area (Å²) >= 11 is 0.970. The fourth-order valence-electron chi connectivity index (χ4n) is 4.54. The lowest BCUT2D eigenvalue weighted by Gasteiger charge is -2.15. The van der Waals surface area contributed by atoms with E-state index in [4.69, 9.17) is 0 Å². The molecule has 0 aliphatic heterocycles. The van der Waals surface area contributed by atoms with Gasteiger partial charge in [0, 0.05) is 23.5 Å². The van der Waals surface area contributed by atoms with Crippen molar-refractivity contribution in [1.82, 2.24) is 35.1 Å². The van der Waals surface area contributed by atoms with Crippen molar-refractivity contribution in [2.75, 3.05) is 5.32 Å². The van der Waals surface area contributed by atoms with Crippen LogP contribution in [0.25, 0.3) is 55.3 Å². The molecule has 9 nitrogen and oxygen atoms in total. The molecule has 4 N–H and O–H groups in total. The Labute approximate surface area is 228 Å². The van der Waals surface area contributed by atoms with Gasteiger partial charge in [0.1, 0.15) is 22.6 Å². The Hall–Kier alpha value is -5.07. The number of hydrogen-bond donors (Lipinski definition) is 4. The number of aliphatic hydroxyl groups is 1. The molecule has 1 aromatic carbocycles. The van der Waals surface area contributed by atoms with E-state index >= 15 is 4.39 Å². The first-order valence-electron chi connectivity index (χ1n) is 12.1. The molecule has 0 fully saturated rings. The average Bonchev–Trinajstić information content (AvgIpc) is 3.72. The number of aromatic amines is 2. The molecule has 6 aromatic heterocycles. The normalized spacial score (nSPS) is 12.3. The summed E-state index contributed by atoms with van der Waals surface area (Å²) in [6.45, 7) is 0. The minimum atomic E-state index is -0.975. The van der Waals surface area contributed by atoms with Crippen LogP contribution in [0, 0.1) is 10.9 Å². The summed E-state index contributed by atoms with van der Waals surface area (Å²) in [6, 6.07) is 15.5. The summed E-state index contributed by atoms with van der Waals surface area (Å²) in [5, 5.41) is 20.5. The largest absolute Gasteiger partial charge is 0.369 e. The number of nitrogens with zero attached hydrogens (tertiary/aromatic N) is 5. The molecule has 7 rings (SSSR count). The molecule has 0 bridgehead atoms. The van der Waals surface area contributed by atoms with Crippen LogP contribution in [-0.4, -0.2) is 40.2 Å². The topological polar surface area (TPSA) is 128 Å². The SMILES string of the molecule is OC(Nc1cncc(-c2ncc3[nH]nc(-c4nc5c(-c6ccc(F)s6)nccc5[nH]4)c3c2F)c1)c1ccccc1. The lowest BCUT2D eigenvalue weighted by Crippen LogP contribution is -2.09. The quantitative estimate of drug-likeness (QED) is 0.184. The molecule has 12 heteroatoms. The molecule has 0 saturated carbocycles. The average molecular weight is 553 g/mol. The van der Waals surface area contributed by atoms with Crippen LogP contribution in [-0.2, 0) is 0 Å². The van der Waals surface area contributed by atoms with Crippen LogP contribution in [0.4, 0.5) is 14.5 Å². The number of imidazole rings is 1. The molecule has 0 aliphatic carbocycles. The van der Waals surface area contributed by atoms with Crippen LogP contribution in [0.2, 0.25) is 0 Å². The lowest BCUT2D eigenvalue weighted by atomic mass is 10.1. The van der Waals surface area contributed by atoms with E-state index in [0.717, 1.165) is 11.3 Å². The number of benzene rings is 1. The molecule has 1 unspecified atom stereocenters. The van der Waals surface area contributed by atoms with E-state index in [1.54, 1.807) is 36.5 Å². The van der Waals surface area contributed by atoms with Crippen LogP contribution in [0.5, 0.6) is 0 Å². The highest BCUT2D eigenvalue weighted by molar-refractivity contribution is 7.13. The number of anilines is 1. The number of pyridine rings is 3. The zero-order chi connectivity index (χ0) is 27.2. The fourth-order valence-corrected chi connectivity index (χ4v) is 5.27. The van der Waals surface area contributed by atoms with Gasteiger partial charge in [0.25, 0.3) is 0 Å². The molecule has 0 radical (unpaired) electrons. The van der Waals surface area contributed by atoms with E-state index in [1.165, 1.54) is 24.7 Å². The van der Waals surface area contributed by atoms with Gasteiger partial charge in [-0.25, -0.2) is 9.37 Å². The number of rotatable bonds is 6. The number of aliphatic hydroxyl groups excluding tert-OH is 1. The molecular formula is C28H18F2N8OS. The molecule has 7 aromatic rings. The van der Waals surface area contributed by atoms with Gasteiger partial charge in [0.05, 0.1) is 39.4 Å². The number of halogens is 2. The molecule has 0 saturated heterocycles. The predicted molar refractivity (Wildman–Crippen MR) is 148 cm³/mol.